The molecule has 3 nitrogen and oxygen atoms in total. The highest BCUT2D eigenvalue weighted by Crippen LogP contribution is 2.35. The van der Waals surface area contributed by atoms with E-state index in [-0.39, 0.29) is 6.04 Å². The molecule has 19 heavy (non-hydrogen) atoms. The van der Waals surface area contributed by atoms with Gasteiger partial charge in [-0.25, -0.2) is 0 Å². The number of nitrogens with one attached hydrogen (secondary N) is 1. The molecule has 2 aliphatic carbocycles. The molecule has 0 spiro atoms. The van der Waals surface area contributed by atoms with Crippen LogP contribution in [-0.2, 0) is 4.79 Å². The van der Waals surface area contributed by atoms with E-state index < -0.39 is 0 Å². The van der Waals surface area contributed by atoms with Gasteiger partial charge in [-0.05, 0) is 44.4 Å². The van der Waals surface area contributed by atoms with Crippen LogP contribution in [0.4, 0.5) is 0 Å². The Morgan fingerprint density at radius 3 is 2.68 bits per heavy atom. The largest absolute Gasteiger partial charge is 0.338 e. The summed E-state index contributed by atoms with van der Waals surface area (Å²) in [6, 6.07) is 1.34. The fourth-order valence-electron chi connectivity index (χ4n) is 3.90. The molecule has 3 aliphatic rings. The van der Waals surface area contributed by atoms with Crippen LogP contribution >= 0.6 is 0 Å². The van der Waals surface area contributed by atoms with Crippen molar-refractivity contribution in [2.45, 2.75) is 82.8 Å². The number of amides is 1. The van der Waals surface area contributed by atoms with Crippen LogP contribution in [0.25, 0.3) is 0 Å². The lowest BCUT2D eigenvalue weighted by molar-refractivity contribution is -0.133. The summed E-state index contributed by atoms with van der Waals surface area (Å²) in [5.41, 5.74) is 0. The highest BCUT2D eigenvalue weighted by molar-refractivity contribution is 5.83. The second-order valence-corrected chi connectivity index (χ2v) is 6.72. The monoisotopic (exact) mass is 264 g/mol. The van der Waals surface area contributed by atoms with Crippen LogP contribution in [0, 0.1) is 5.92 Å². The molecule has 1 heterocycles. The van der Waals surface area contributed by atoms with Crippen LogP contribution in [0.15, 0.2) is 0 Å². The van der Waals surface area contributed by atoms with Gasteiger partial charge in [-0.3, -0.25) is 4.79 Å². The van der Waals surface area contributed by atoms with Crippen LogP contribution in [0.3, 0.4) is 0 Å². The molecule has 1 aliphatic heterocycles. The van der Waals surface area contributed by atoms with E-state index >= 15 is 0 Å². The minimum atomic E-state index is 0.130. The quantitative estimate of drug-likeness (QED) is 0.828. The molecule has 3 fully saturated rings. The Labute approximate surface area is 117 Å². The molecule has 3 rings (SSSR count). The Hall–Kier alpha value is -0.570. The summed E-state index contributed by atoms with van der Waals surface area (Å²) >= 11 is 0. The van der Waals surface area contributed by atoms with Crippen molar-refractivity contribution in [1.82, 2.24) is 10.2 Å². The first-order chi connectivity index (χ1) is 9.29. The van der Waals surface area contributed by atoms with Crippen molar-refractivity contribution < 1.29 is 4.79 Å². The van der Waals surface area contributed by atoms with E-state index in [9.17, 15) is 4.79 Å². The first kappa shape index (κ1) is 13.4. The summed E-state index contributed by atoms with van der Waals surface area (Å²) in [5, 5.41) is 3.64. The lowest BCUT2D eigenvalue weighted by atomic mass is 9.85. The lowest BCUT2D eigenvalue weighted by Crippen LogP contribution is -2.46. The SMILES string of the molecule is CCCCN(C(=O)C1CC2CCCCC2N1)C1CC1. The fourth-order valence-corrected chi connectivity index (χ4v) is 3.90. The molecular formula is C16H28N2O. The Kier molecular flexibility index (Phi) is 4.11. The van der Waals surface area contributed by atoms with Crippen molar-refractivity contribution in [3.63, 3.8) is 0 Å². The average Bonchev–Trinajstić information content (AvgIpc) is 3.17. The predicted octanol–water partition coefficient (Wildman–Crippen LogP) is 2.70. The molecule has 3 unspecified atom stereocenters. The number of carbonyl (C=O) groups is 1. The minimum absolute atomic E-state index is 0.130. The van der Waals surface area contributed by atoms with E-state index in [1.54, 1.807) is 0 Å². The molecule has 108 valence electrons. The van der Waals surface area contributed by atoms with Crippen molar-refractivity contribution in [2.75, 3.05) is 6.54 Å². The Balaban J connectivity index is 1.59. The number of unbranched alkanes of at least 4 members (excludes halogenated alkanes) is 1. The highest BCUT2D eigenvalue weighted by Gasteiger charge is 2.42. The van der Waals surface area contributed by atoms with Crippen molar-refractivity contribution >= 4 is 5.91 Å². The third-order valence-corrected chi connectivity index (χ3v) is 5.18. The van der Waals surface area contributed by atoms with Gasteiger partial charge in [0.15, 0.2) is 0 Å². The van der Waals surface area contributed by atoms with E-state index in [1.165, 1.54) is 44.9 Å². The van der Waals surface area contributed by atoms with Gasteiger partial charge in [0.05, 0.1) is 6.04 Å². The van der Waals surface area contributed by atoms with Gasteiger partial charge in [-0.1, -0.05) is 26.2 Å². The molecule has 1 amide bonds. The summed E-state index contributed by atoms with van der Waals surface area (Å²) < 4.78 is 0. The summed E-state index contributed by atoms with van der Waals surface area (Å²) in [5.74, 6) is 1.18. The zero-order valence-electron chi connectivity index (χ0n) is 12.2. The summed E-state index contributed by atoms with van der Waals surface area (Å²) in [7, 11) is 0. The van der Waals surface area contributed by atoms with Gasteiger partial charge in [0.25, 0.3) is 0 Å². The fraction of sp³-hybridized carbons (Fsp3) is 0.938. The first-order valence-electron chi connectivity index (χ1n) is 8.36. The molecule has 1 saturated heterocycles. The lowest BCUT2D eigenvalue weighted by Gasteiger charge is -2.26. The van der Waals surface area contributed by atoms with E-state index in [1.807, 2.05) is 0 Å². The van der Waals surface area contributed by atoms with Gasteiger partial charge in [-0.2, -0.15) is 0 Å². The number of hydrogen-bond donors (Lipinski definition) is 1. The van der Waals surface area contributed by atoms with E-state index in [2.05, 4.69) is 17.1 Å². The molecule has 0 bridgehead atoms. The molecule has 0 aromatic rings. The number of nitrogens with zero attached hydrogens (tertiary/aromatic N) is 1. The Morgan fingerprint density at radius 1 is 1.21 bits per heavy atom. The van der Waals surface area contributed by atoms with Gasteiger partial charge in [0, 0.05) is 18.6 Å². The average molecular weight is 264 g/mol. The van der Waals surface area contributed by atoms with Crippen molar-refractivity contribution in [2.24, 2.45) is 5.92 Å². The summed E-state index contributed by atoms with van der Waals surface area (Å²) in [6.45, 7) is 3.19. The molecular weight excluding hydrogens is 236 g/mol. The van der Waals surface area contributed by atoms with E-state index in [0.717, 1.165) is 25.3 Å². The molecule has 0 aromatic heterocycles. The third kappa shape index (κ3) is 2.96. The van der Waals surface area contributed by atoms with E-state index in [0.29, 0.717) is 18.0 Å². The van der Waals surface area contributed by atoms with Gasteiger partial charge >= 0.3 is 0 Å². The van der Waals surface area contributed by atoms with Crippen molar-refractivity contribution in [1.29, 1.82) is 0 Å². The van der Waals surface area contributed by atoms with Crippen molar-refractivity contribution in [3.8, 4) is 0 Å². The van der Waals surface area contributed by atoms with Crippen LogP contribution in [0.1, 0.15) is 64.7 Å². The second-order valence-electron chi connectivity index (χ2n) is 6.72. The maximum atomic E-state index is 12.7. The van der Waals surface area contributed by atoms with Gasteiger partial charge in [0.2, 0.25) is 5.91 Å². The maximum absolute atomic E-state index is 12.7. The summed E-state index contributed by atoms with van der Waals surface area (Å²) in [4.78, 5) is 14.9. The van der Waals surface area contributed by atoms with Crippen LogP contribution < -0.4 is 5.32 Å². The van der Waals surface area contributed by atoms with Gasteiger partial charge in [0.1, 0.15) is 0 Å². The molecule has 2 saturated carbocycles. The first-order valence-corrected chi connectivity index (χ1v) is 8.36. The van der Waals surface area contributed by atoms with Gasteiger partial charge in [-0.15, -0.1) is 0 Å². The van der Waals surface area contributed by atoms with Crippen LogP contribution in [0.5, 0.6) is 0 Å². The summed E-state index contributed by atoms with van der Waals surface area (Å²) in [6.07, 6.45) is 11.2. The smallest absolute Gasteiger partial charge is 0.239 e. The zero-order chi connectivity index (χ0) is 13.2. The number of carbonyl (C=O) groups excluding carboxylic acids is 1. The van der Waals surface area contributed by atoms with Crippen LogP contribution in [0.2, 0.25) is 0 Å². The molecule has 1 N–H and O–H groups in total. The normalized spacial score (nSPS) is 34.1. The number of rotatable bonds is 5. The zero-order valence-corrected chi connectivity index (χ0v) is 12.2. The number of fused-ring (bicyclic) bond motifs is 1. The maximum Gasteiger partial charge on any atom is 0.239 e. The van der Waals surface area contributed by atoms with E-state index in [4.69, 9.17) is 0 Å². The molecule has 3 atom stereocenters. The van der Waals surface area contributed by atoms with Crippen LogP contribution in [-0.4, -0.2) is 35.5 Å². The second kappa shape index (κ2) is 5.82. The molecule has 0 aromatic carbocycles. The Morgan fingerprint density at radius 2 is 2.00 bits per heavy atom. The minimum Gasteiger partial charge on any atom is -0.338 e. The Bertz CT molecular complexity index is 313. The van der Waals surface area contributed by atoms with Gasteiger partial charge < -0.3 is 10.2 Å². The topological polar surface area (TPSA) is 32.3 Å². The number of hydrogen-bond acceptors (Lipinski definition) is 2. The molecule has 0 radical (unpaired) electrons. The molecule has 3 heteroatoms. The third-order valence-electron chi connectivity index (χ3n) is 5.18. The highest BCUT2D eigenvalue weighted by atomic mass is 16.2. The standard InChI is InChI=1S/C16H28N2O/c1-2-3-10-18(13-8-9-13)16(19)15-11-12-6-4-5-7-14(12)17-15/h12-15,17H,2-11H2,1H3. The van der Waals surface area contributed by atoms with Crippen molar-refractivity contribution in [3.05, 3.63) is 0 Å². The predicted molar refractivity (Wildman–Crippen MR) is 76.9 cm³/mol.